The number of hydrogen-bond donors (Lipinski definition) is 2. The Balaban J connectivity index is 1.42. The van der Waals surface area contributed by atoms with E-state index in [1.165, 1.54) is 24.6 Å². The molecule has 3 rings (SSSR count). The number of nitrogens with zero attached hydrogens (tertiary/aromatic N) is 2. The third-order valence-corrected chi connectivity index (χ3v) is 4.18. The number of nitrogens with two attached hydrogens (primary N) is 1. The van der Waals surface area contributed by atoms with Gasteiger partial charge in [0.25, 0.3) is 5.89 Å². The van der Waals surface area contributed by atoms with Crippen LogP contribution >= 0.6 is 0 Å². The number of carbonyl (C=O) groups is 1. The Bertz CT molecular complexity index is 828. The number of carbonyl (C=O) groups excluding carboxylic acids is 1. The first kappa shape index (κ1) is 18.0. The number of benzene rings is 1. The number of hydrogen-bond acceptors (Lipinski definition) is 5. The number of halogens is 1. The quantitative estimate of drug-likeness (QED) is 0.445. The number of oxazole rings is 1. The average molecular weight is 356 g/mol. The second kappa shape index (κ2) is 8.53. The van der Waals surface area contributed by atoms with Crippen LogP contribution in [0.25, 0.3) is 11.3 Å². The van der Waals surface area contributed by atoms with Gasteiger partial charge in [-0.1, -0.05) is 12.8 Å². The normalized spacial score (nSPS) is 12.2. The number of Topliss-reactive ketones (excluding diaryl/α,β-unsaturated/α-hetero) is 1. The summed E-state index contributed by atoms with van der Waals surface area (Å²) >= 11 is 0. The van der Waals surface area contributed by atoms with Gasteiger partial charge in [-0.15, -0.1) is 0 Å². The maximum atomic E-state index is 13.0. The van der Waals surface area contributed by atoms with Crippen LogP contribution in [0.3, 0.4) is 0 Å². The van der Waals surface area contributed by atoms with Crippen LogP contribution in [0.5, 0.6) is 0 Å². The SMILES string of the molecule is N[C@@H](CCCCCC(=O)c1ncco1)c1nc(-c2ccc(F)cc2)c[nH]1. The lowest BCUT2D eigenvalue weighted by Crippen LogP contribution is -2.12. The van der Waals surface area contributed by atoms with E-state index < -0.39 is 0 Å². The summed E-state index contributed by atoms with van der Waals surface area (Å²) in [6, 6.07) is 5.98. The molecule has 1 aromatic carbocycles. The molecule has 7 heteroatoms. The number of imidazole rings is 1. The summed E-state index contributed by atoms with van der Waals surface area (Å²) in [6.45, 7) is 0. The minimum Gasteiger partial charge on any atom is -0.442 e. The molecule has 3 aromatic rings. The van der Waals surface area contributed by atoms with E-state index in [9.17, 15) is 9.18 Å². The summed E-state index contributed by atoms with van der Waals surface area (Å²) < 4.78 is 18.0. The first-order chi connectivity index (χ1) is 12.6. The molecule has 26 heavy (non-hydrogen) atoms. The van der Waals surface area contributed by atoms with Gasteiger partial charge in [0.05, 0.1) is 17.9 Å². The summed E-state index contributed by atoms with van der Waals surface area (Å²) in [5, 5.41) is 0. The number of aromatic nitrogens is 3. The highest BCUT2D eigenvalue weighted by Crippen LogP contribution is 2.21. The molecule has 0 spiro atoms. The molecule has 0 fully saturated rings. The topological polar surface area (TPSA) is 97.8 Å². The van der Waals surface area contributed by atoms with Crippen LogP contribution in [0.2, 0.25) is 0 Å². The second-order valence-corrected chi connectivity index (χ2v) is 6.14. The molecule has 0 saturated heterocycles. The molecule has 6 nitrogen and oxygen atoms in total. The average Bonchev–Trinajstić information content (AvgIpc) is 3.34. The van der Waals surface area contributed by atoms with Crippen molar-refractivity contribution >= 4 is 5.78 Å². The van der Waals surface area contributed by atoms with Crippen molar-refractivity contribution in [3.05, 3.63) is 60.5 Å². The summed E-state index contributed by atoms with van der Waals surface area (Å²) in [5.74, 6) is 0.530. The molecule has 3 N–H and O–H groups in total. The number of rotatable bonds is 9. The number of ketones is 1. The molecular formula is C19H21FN4O2. The molecule has 0 amide bonds. The van der Waals surface area contributed by atoms with Crippen molar-refractivity contribution in [2.45, 2.75) is 38.1 Å². The van der Waals surface area contributed by atoms with Crippen molar-refractivity contribution in [1.82, 2.24) is 15.0 Å². The molecule has 0 aliphatic carbocycles. The summed E-state index contributed by atoms with van der Waals surface area (Å²) in [5.41, 5.74) is 7.77. The van der Waals surface area contributed by atoms with E-state index in [0.717, 1.165) is 36.9 Å². The molecule has 0 unspecified atom stereocenters. The van der Waals surface area contributed by atoms with Gasteiger partial charge < -0.3 is 15.1 Å². The molecule has 2 heterocycles. The highest BCUT2D eigenvalue weighted by molar-refractivity contribution is 5.91. The van der Waals surface area contributed by atoms with Gasteiger partial charge in [0, 0.05) is 18.2 Å². The molecule has 0 aliphatic rings. The Morgan fingerprint density at radius 3 is 2.77 bits per heavy atom. The Labute approximate surface area is 150 Å². The van der Waals surface area contributed by atoms with Crippen LogP contribution in [-0.2, 0) is 0 Å². The highest BCUT2D eigenvalue weighted by Gasteiger charge is 2.13. The summed E-state index contributed by atoms with van der Waals surface area (Å²) in [4.78, 5) is 23.2. The zero-order valence-electron chi connectivity index (χ0n) is 14.3. The maximum absolute atomic E-state index is 13.0. The molecule has 0 radical (unpaired) electrons. The first-order valence-corrected chi connectivity index (χ1v) is 8.63. The fourth-order valence-electron chi connectivity index (χ4n) is 2.73. The van der Waals surface area contributed by atoms with Gasteiger partial charge >= 0.3 is 0 Å². The van der Waals surface area contributed by atoms with Crippen LogP contribution < -0.4 is 5.73 Å². The van der Waals surface area contributed by atoms with Crippen LogP contribution in [-0.4, -0.2) is 20.7 Å². The Morgan fingerprint density at radius 2 is 2.04 bits per heavy atom. The maximum Gasteiger partial charge on any atom is 0.263 e. The van der Waals surface area contributed by atoms with Crippen molar-refractivity contribution in [3.8, 4) is 11.3 Å². The molecule has 0 saturated carbocycles. The molecule has 0 bridgehead atoms. The number of nitrogens with one attached hydrogen (secondary N) is 1. The van der Waals surface area contributed by atoms with Gasteiger partial charge in [-0.3, -0.25) is 4.79 Å². The predicted molar refractivity (Wildman–Crippen MR) is 94.8 cm³/mol. The fraction of sp³-hybridized carbons (Fsp3) is 0.316. The smallest absolute Gasteiger partial charge is 0.263 e. The largest absolute Gasteiger partial charge is 0.442 e. The van der Waals surface area contributed by atoms with E-state index in [0.29, 0.717) is 12.2 Å². The lowest BCUT2D eigenvalue weighted by atomic mass is 10.1. The van der Waals surface area contributed by atoms with Crippen molar-refractivity contribution < 1.29 is 13.6 Å². The zero-order chi connectivity index (χ0) is 18.4. The molecule has 1 atom stereocenters. The van der Waals surface area contributed by atoms with Gasteiger partial charge in [-0.05, 0) is 37.1 Å². The number of aromatic amines is 1. The van der Waals surface area contributed by atoms with Gasteiger partial charge in [-0.25, -0.2) is 14.4 Å². The van der Waals surface area contributed by atoms with Crippen LogP contribution in [0.1, 0.15) is 54.7 Å². The summed E-state index contributed by atoms with van der Waals surface area (Å²) in [7, 11) is 0. The number of H-pyrrole nitrogens is 1. The second-order valence-electron chi connectivity index (χ2n) is 6.14. The van der Waals surface area contributed by atoms with Crippen molar-refractivity contribution in [3.63, 3.8) is 0 Å². The standard InChI is InChI=1S/C19H21FN4O2/c20-14-8-6-13(7-9-14)16-12-23-18(24-16)15(21)4-2-1-3-5-17(25)19-22-10-11-26-19/h6-12,15H,1-5,21H2,(H,23,24)/t15-/m0/s1. The van der Waals surface area contributed by atoms with Crippen molar-refractivity contribution in [2.24, 2.45) is 5.73 Å². The van der Waals surface area contributed by atoms with Gasteiger partial charge in [0.15, 0.2) is 0 Å². The third kappa shape index (κ3) is 4.64. The van der Waals surface area contributed by atoms with E-state index in [1.54, 1.807) is 18.3 Å². The van der Waals surface area contributed by atoms with Gasteiger partial charge in [0.1, 0.15) is 17.9 Å². The van der Waals surface area contributed by atoms with E-state index >= 15 is 0 Å². The monoisotopic (exact) mass is 356 g/mol. The van der Waals surface area contributed by atoms with Gasteiger partial charge in [-0.2, -0.15) is 0 Å². The Morgan fingerprint density at radius 1 is 1.23 bits per heavy atom. The van der Waals surface area contributed by atoms with E-state index in [4.69, 9.17) is 10.2 Å². The molecular weight excluding hydrogens is 335 g/mol. The van der Waals surface area contributed by atoms with Crippen LogP contribution in [0, 0.1) is 5.82 Å². The number of unbranched alkanes of at least 4 members (excludes halogenated alkanes) is 2. The Hall–Kier alpha value is -2.80. The fourth-order valence-corrected chi connectivity index (χ4v) is 2.73. The lowest BCUT2D eigenvalue weighted by Gasteiger charge is -2.08. The molecule has 136 valence electrons. The summed E-state index contributed by atoms with van der Waals surface area (Å²) in [6.07, 6.45) is 8.39. The van der Waals surface area contributed by atoms with E-state index in [1.807, 2.05) is 0 Å². The predicted octanol–water partition coefficient (Wildman–Crippen LogP) is 4.04. The third-order valence-electron chi connectivity index (χ3n) is 4.18. The lowest BCUT2D eigenvalue weighted by molar-refractivity contribution is 0.0945. The van der Waals surface area contributed by atoms with Crippen molar-refractivity contribution in [1.29, 1.82) is 0 Å². The first-order valence-electron chi connectivity index (χ1n) is 8.63. The molecule has 2 aromatic heterocycles. The van der Waals surface area contributed by atoms with Crippen molar-refractivity contribution in [2.75, 3.05) is 0 Å². The minimum atomic E-state index is -0.275. The molecule has 0 aliphatic heterocycles. The van der Waals surface area contributed by atoms with E-state index in [-0.39, 0.29) is 23.5 Å². The highest BCUT2D eigenvalue weighted by atomic mass is 19.1. The van der Waals surface area contributed by atoms with Gasteiger partial charge in [0.2, 0.25) is 5.78 Å². The zero-order valence-corrected chi connectivity index (χ0v) is 14.3. The van der Waals surface area contributed by atoms with Crippen LogP contribution in [0.15, 0.2) is 47.3 Å². The van der Waals surface area contributed by atoms with Crippen LogP contribution in [0.4, 0.5) is 4.39 Å². The van der Waals surface area contributed by atoms with E-state index in [2.05, 4.69) is 15.0 Å². The minimum absolute atomic E-state index is 0.0747. The Kier molecular flexibility index (Phi) is 5.91.